The molecule has 0 aromatic carbocycles. The lowest BCUT2D eigenvalue weighted by Crippen LogP contribution is -2.10. The molecule has 0 saturated heterocycles. The molecule has 1 unspecified atom stereocenters. The van der Waals surface area contributed by atoms with Crippen LogP contribution in [0.15, 0.2) is 18.5 Å². The summed E-state index contributed by atoms with van der Waals surface area (Å²) in [6, 6.07) is 1.84. The van der Waals surface area contributed by atoms with Crippen LogP contribution in [0.2, 0.25) is 0 Å². The van der Waals surface area contributed by atoms with E-state index in [0.717, 1.165) is 12.1 Å². The van der Waals surface area contributed by atoms with Crippen LogP contribution in [-0.2, 0) is 6.54 Å². The maximum atomic E-state index is 11.7. The SMILES string of the molecule is CC(CO)Cn1ccc(C(=O)C(C)C)c1. The Morgan fingerprint density at radius 2 is 2.13 bits per heavy atom. The molecule has 0 bridgehead atoms. The van der Waals surface area contributed by atoms with E-state index in [4.69, 9.17) is 5.11 Å². The highest BCUT2D eigenvalue weighted by Gasteiger charge is 2.11. The molecule has 0 aliphatic rings. The van der Waals surface area contributed by atoms with Crippen LogP contribution in [0.5, 0.6) is 0 Å². The van der Waals surface area contributed by atoms with Crippen molar-refractivity contribution in [1.82, 2.24) is 4.57 Å². The molecule has 0 amide bonds. The van der Waals surface area contributed by atoms with Gasteiger partial charge < -0.3 is 9.67 Å². The minimum atomic E-state index is 0.0381. The Kier molecular flexibility index (Phi) is 4.09. The molecule has 0 aliphatic heterocycles. The molecule has 0 fully saturated rings. The van der Waals surface area contributed by atoms with Crippen molar-refractivity contribution < 1.29 is 9.90 Å². The van der Waals surface area contributed by atoms with Crippen LogP contribution < -0.4 is 0 Å². The fourth-order valence-corrected chi connectivity index (χ4v) is 1.45. The molecule has 0 saturated carbocycles. The summed E-state index contributed by atoms with van der Waals surface area (Å²) in [6.45, 7) is 6.70. The van der Waals surface area contributed by atoms with Crippen molar-refractivity contribution in [3.8, 4) is 0 Å². The van der Waals surface area contributed by atoms with E-state index in [1.807, 2.05) is 43.8 Å². The number of nitrogens with zero attached hydrogens (tertiary/aromatic N) is 1. The van der Waals surface area contributed by atoms with Gasteiger partial charge >= 0.3 is 0 Å². The van der Waals surface area contributed by atoms with E-state index in [-0.39, 0.29) is 24.2 Å². The highest BCUT2D eigenvalue weighted by molar-refractivity contribution is 5.97. The molecule has 3 heteroatoms. The van der Waals surface area contributed by atoms with Gasteiger partial charge in [0.25, 0.3) is 0 Å². The smallest absolute Gasteiger partial charge is 0.166 e. The molecule has 1 heterocycles. The van der Waals surface area contributed by atoms with Crippen molar-refractivity contribution in [2.45, 2.75) is 27.3 Å². The van der Waals surface area contributed by atoms with Gasteiger partial charge in [-0.3, -0.25) is 4.79 Å². The van der Waals surface area contributed by atoms with E-state index >= 15 is 0 Å². The quantitative estimate of drug-likeness (QED) is 0.753. The first kappa shape index (κ1) is 12.0. The van der Waals surface area contributed by atoms with Crippen LogP contribution in [-0.4, -0.2) is 22.1 Å². The van der Waals surface area contributed by atoms with Gasteiger partial charge in [-0.1, -0.05) is 20.8 Å². The molecule has 1 rings (SSSR count). The maximum Gasteiger partial charge on any atom is 0.166 e. The molecule has 1 aromatic heterocycles. The van der Waals surface area contributed by atoms with Crippen molar-refractivity contribution in [3.63, 3.8) is 0 Å². The highest BCUT2D eigenvalue weighted by atomic mass is 16.3. The second-order valence-electron chi connectivity index (χ2n) is 4.40. The topological polar surface area (TPSA) is 42.2 Å². The van der Waals surface area contributed by atoms with Gasteiger partial charge in [0.15, 0.2) is 5.78 Å². The van der Waals surface area contributed by atoms with E-state index in [1.54, 1.807) is 0 Å². The number of hydrogen-bond donors (Lipinski definition) is 1. The zero-order chi connectivity index (χ0) is 11.4. The lowest BCUT2D eigenvalue weighted by atomic mass is 10.0. The number of rotatable bonds is 5. The van der Waals surface area contributed by atoms with E-state index in [2.05, 4.69) is 0 Å². The molecular weight excluding hydrogens is 190 g/mol. The summed E-state index contributed by atoms with van der Waals surface area (Å²) in [5, 5.41) is 8.92. The molecule has 0 radical (unpaired) electrons. The second kappa shape index (κ2) is 5.12. The molecule has 0 spiro atoms. The fraction of sp³-hybridized carbons (Fsp3) is 0.583. The number of aliphatic hydroxyl groups is 1. The first-order valence-corrected chi connectivity index (χ1v) is 5.35. The Labute approximate surface area is 90.7 Å². The second-order valence-corrected chi connectivity index (χ2v) is 4.40. The third-order valence-electron chi connectivity index (χ3n) is 2.39. The Morgan fingerprint density at radius 3 is 2.67 bits per heavy atom. The number of ketones is 1. The molecule has 15 heavy (non-hydrogen) atoms. The first-order chi connectivity index (χ1) is 7.04. The minimum Gasteiger partial charge on any atom is -0.396 e. The summed E-state index contributed by atoms with van der Waals surface area (Å²) in [7, 11) is 0. The number of hydrogen-bond acceptors (Lipinski definition) is 2. The summed E-state index contributed by atoms with van der Waals surface area (Å²) in [6.07, 6.45) is 3.75. The Hall–Kier alpha value is -1.09. The molecule has 0 aliphatic carbocycles. The summed E-state index contributed by atoms with van der Waals surface area (Å²) >= 11 is 0. The van der Waals surface area contributed by atoms with Gasteiger partial charge in [-0.05, 0) is 12.0 Å². The lowest BCUT2D eigenvalue weighted by Gasteiger charge is -2.08. The zero-order valence-corrected chi connectivity index (χ0v) is 9.60. The van der Waals surface area contributed by atoms with E-state index < -0.39 is 0 Å². The van der Waals surface area contributed by atoms with Crippen LogP contribution in [0.4, 0.5) is 0 Å². The number of aliphatic hydroxyl groups excluding tert-OH is 1. The average molecular weight is 209 g/mol. The van der Waals surface area contributed by atoms with Crippen LogP contribution in [0, 0.1) is 11.8 Å². The van der Waals surface area contributed by atoms with Crippen LogP contribution >= 0.6 is 0 Å². The summed E-state index contributed by atoms with van der Waals surface area (Å²) in [5.41, 5.74) is 0.759. The summed E-state index contributed by atoms with van der Waals surface area (Å²) in [5.74, 6) is 0.431. The van der Waals surface area contributed by atoms with E-state index in [1.165, 1.54) is 0 Å². The largest absolute Gasteiger partial charge is 0.396 e. The van der Waals surface area contributed by atoms with Gasteiger partial charge in [0, 0.05) is 37.0 Å². The zero-order valence-electron chi connectivity index (χ0n) is 9.60. The third kappa shape index (κ3) is 3.20. The molecular formula is C12H19NO2. The lowest BCUT2D eigenvalue weighted by molar-refractivity contribution is 0.0939. The van der Waals surface area contributed by atoms with Crippen molar-refractivity contribution in [2.75, 3.05) is 6.61 Å². The van der Waals surface area contributed by atoms with Crippen molar-refractivity contribution in [2.24, 2.45) is 11.8 Å². The minimum absolute atomic E-state index is 0.0381. The van der Waals surface area contributed by atoms with E-state index in [0.29, 0.717) is 0 Å². The van der Waals surface area contributed by atoms with Crippen molar-refractivity contribution >= 4 is 5.78 Å². The first-order valence-electron chi connectivity index (χ1n) is 5.35. The Bertz CT molecular complexity index is 328. The molecule has 1 N–H and O–H groups in total. The van der Waals surface area contributed by atoms with Crippen molar-refractivity contribution in [3.05, 3.63) is 24.0 Å². The standard InChI is InChI=1S/C12H19NO2/c1-9(2)12(15)11-4-5-13(7-11)6-10(3)8-14/h4-5,7,9-10,14H,6,8H2,1-3H3. The van der Waals surface area contributed by atoms with Crippen molar-refractivity contribution in [1.29, 1.82) is 0 Å². The molecule has 1 aromatic rings. The van der Waals surface area contributed by atoms with Crippen LogP contribution in [0.1, 0.15) is 31.1 Å². The number of carbonyl (C=O) groups excluding carboxylic acids is 1. The fourth-order valence-electron chi connectivity index (χ4n) is 1.45. The highest BCUT2D eigenvalue weighted by Crippen LogP contribution is 2.10. The third-order valence-corrected chi connectivity index (χ3v) is 2.39. The number of Topliss-reactive ketones (excluding diaryl/α,β-unsaturated/α-hetero) is 1. The summed E-state index contributed by atoms with van der Waals surface area (Å²) < 4.78 is 1.95. The molecule has 3 nitrogen and oxygen atoms in total. The van der Waals surface area contributed by atoms with Crippen LogP contribution in [0.25, 0.3) is 0 Å². The normalized spacial score (nSPS) is 13.1. The van der Waals surface area contributed by atoms with Gasteiger partial charge in [-0.15, -0.1) is 0 Å². The van der Waals surface area contributed by atoms with Gasteiger partial charge in [0.2, 0.25) is 0 Å². The molecule has 84 valence electrons. The van der Waals surface area contributed by atoms with Gasteiger partial charge in [0.1, 0.15) is 0 Å². The average Bonchev–Trinajstić information content (AvgIpc) is 2.64. The van der Waals surface area contributed by atoms with Gasteiger partial charge in [-0.25, -0.2) is 0 Å². The van der Waals surface area contributed by atoms with Crippen LogP contribution in [0.3, 0.4) is 0 Å². The Balaban J connectivity index is 2.68. The summed E-state index contributed by atoms with van der Waals surface area (Å²) in [4.78, 5) is 11.7. The van der Waals surface area contributed by atoms with E-state index in [9.17, 15) is 4.79 Å². The molecule has 1 atom stereocenters. The van der Waals surface area contributed by atoms with Gasteiger partial charge in [-0.2, -0.15) is 0 Å². The number of carbonyl (C=O) groups is 1. The monoisotopic (exact) mass is 209 g/mol. The maximum absolute atomic E-state index is 11.7. The predicted octanol–water partition coefficient (Wildman–Crippen LogP) is 1.96. The number of aromatic nitrogens is 1. The predicted molar refractivity (Wildman–Crippen MR) is 59.9 cm³/mol. The van der Waals surface area contributed by atoms with Gasteiger partial charge in [0.05, 0.1) is 0 Å². The Morgan fingerprint density at radius 1 is 1.47 bits per heavy atom.